The van der Waals surface area contributed by atoms with Gasteiger partial charge in [-0.15, -0.1) is 0 Å². The third kappa shape index (κ3) is 4.48. The number of hydrogen-bond donors (Lipinski definition) is 3. The van der Waals surface area contributed by atoms with Crippen molar-refractivity contribution in [2.75, 3.05) is 5.23 Å². The van der Waals surface area contributed by atoms with Crippen molar-refractivity contribution >= 4 is 11.8 Å². The summed E-state index contributed by atoms with van der Waals surface area (Å²) in [5.41, 5.74) is 7.33. The van der Waals surface area contributed by atoms with Gasteiger partial charge in [-0.3, -0.25) is 10.0 Å². The number of aromatic amines is 1. The first-order valence-corrected chi connectivity index (χ1v) is 7.84. The van der Waals surface area contributed by atoms with Gasteiger partial charge in [-0.1, -0.05) is 18.2 Å². The Morgan fingerprint density at radius 1 is 1.22 bits per heavy atom. The van der Waals surface area contributed by atoms with E-state index in [0.29, 0.717) is 23.2 Å². The summed E-state index contributed by atoms with van der Waals surface area (Å²) >= 11 is 0. The summed E-state index contributed by atoms with van der Waals surface area (Å²) in [6, 6.07) is 14.2. The molecule has 0 aliphatic carbocycles. The van der Waals surface area contributed by atoms with Gasteiger partial charge in [0.15, 0.2) is 0 Å². The number of carbonyl (C=O) groups is 1. The predicted octanol–water partition coefficient (Wildman–Crippen LogP) is 2.18. The van der Waals surface area contributed by atoms with E-state index < -0.39 is 6.09 Å². The molecular weight excluding hydrogens is 352 g/mol. The maximum Gasteiger partial charge on any atom is 0.409 e. The fourth-order valence-corrected chi connectivity index (χ4v) is 2.58. The summed E-state index contributed by atoms with van der Waals surface area (Å²) in [6.07, 6.45) is -0.566. The molecule has 3 rings (SSSR count). The lowest BCUT2D eigenvalue weighted by atomic mass is 9.99. The average Bonchev–Trinajstić information content (AvgIpc) is 2.64. The van der Waals surface area contributed by atoms with E-state index in [2.05, 4.69) is 10.2 Å². The molecule has 0 fully saturated rings. The van der Waals surface area contributed by atoms with Crippen LogP contribution in [0.2, 0.25) is 0 Å². The Morgan fingerprint density at radius 3 is 2.70 bits per heavy atom. The van der Waals surface area contributed by atoms with Crippen molar-refractivity contribution in [2.24, 2.45) is 5.73 Å². The van der Waals surface area contributed by atoms with Crippen LogP contribution in [-0.4, -0.2) is 21.5 Å². The lowest BCUT2D eigenvalue weighted by Crippen LogP contribution is -2.16. The van der Waals surface area contributed by atoms with Crippen LogP contribution in [0.3, 0.4) is 0 Å². The van der Waals surface area contributed by atoms with Gasteiger partial charge in [0.2, 0.25) is 0 Å². The summed E-state index contributed by atoms with van der Waals surface area (Å²) in [5.74, 6) is 0.202. The maximum absolute atomic E-state index is 11.2. The normalized spacial score (nSPS) is 10.4. The molecule has 0 unspecified atom stereocenters. The number of rotatable bonds is 5. The van der Waals surface area contributed by atoms with Gasteiger partial charge < -0.3 is 20.9 Å². The van der Waals surface area contributed by atoms with Crippen molar-refractivity contribution < 1.29 is 14.7 Å². The minimum Gasteiger partial charge on any atom is -0.733 e. The lowest BCUT2D eigenvalue weighted by molar-refractivity contribution is 0.211. The molecule has 27 heavy (non-hydrogen) atoms. The van der Waals surface area contributed by atoms with Gasteiger partial charge in [-0.2, -0.15) is 5.10 Å². The van der Waals surface area contributed by atoms with E-state index in [1.807, 2.05) is 0 Å². The molecule has 0 bridgehead atoms. The quantitative estimate of drug-likeness (QED) is 0.586. The summed E-state index contributed by atoms with van der Waals surface area (Å²) in [7, 11) is 0. The van der Waals surface area contributed by atoms with E-state index in [9.17, 15) is 14.8 Å². The molecule has 0 saturated heterocycles. The Hall–Kier alpha value is -3.69. The number of H-pyrrole nitrogens is 1. The Bertz CT molecular complexity index is 1010. The molecule has 0 spiro atoms. The highest BCUT2D eigenvalue weighted by Crippen LogP contribution is 2.33. The minimum absolute atomic E-state index is 0.0187. The number of hydrogen-bond acceptors (Lipinski definition) is 7. The van der Waals surface area contributed by atoms with Gasteiger partial charge >= 0.3 is 6.09 Å². The van der Waals surface area contributed by atoms with Crippen molar-refractivity contribution in [3.63, 3.8) is 0 Å². The second-order valence-corrected chi connectivity index (χ2v) is 5.66. The summed E-state index contributed by atoms with van der Waals surface area (Å²) in [6.45, 7) is 0. The van der Waals surface area contributed by atoms with Crippen LogP contribution in [0.25, 0.3) is 11.1 Å². The fraction of sp³-hybridized carbons (Fsp3) is 0.0556. The highest BCUT2D eigenvalue weighted by atomic mass is 16.8. The number of nitrogens with one attached hydrogen (secondary N) is 1. The first kappa shape index (κ1) is 18.1. The molecule has 0 aliphatic heterocycles. The van der Waals surface area contributed by atoms with Crippen LogP contribution in [0.15, 0.2) is 59.4 Å². The molecule has 1 amide bonds. The lowest BCUT2D eigenvalue weighted by Gasteiger charge is -2.22. The van der Waals surface area contributed by atoms with Gasteiger partial charge in [0.05, 0.1) is 11.4 Å². The van der Waals surface area contributed by atoms with E-state index in [4.69, 9.17) is 15.7 Å². The van der Waals surface area contributed by atoms with Gasteiger partial charge in [0, 0.05) is 18.1 Å². The molecule has 0 saturated carbocycles. The highest BCUT2D eigenvalue weighted by Gasteiger charge is 2.12. The second-order valence-electron chi connectivity index (χ2n) is 5.66. The van der Waals surface area contributed by atoms with Crippen molar-refractivity contribution in [3.8, 4) is 16.9 Å². The first-order valence-electron chi connectivity index (χ1n) is 7.84. The number of primary amides is 1. The van der Waals surface area contributed by atoms with E-state index in [1.165, 1.54) is 18.2 Å². The Kier molecular flexibility index (Phi) is 5.15. The molecule has 1 aromatic heterocycles. The predicted molar refractivity (Wildman–Crippen MR) is 97.4 cm³/mol. The topological polar surface area (TPSA) is 145 Å². The zero-order chi connectivity index (χ0) is 19.4. The summed E-state index contributed by atoms with van der Waals surface area (Å²) < 4.78 is 5.04. The number of nitrogens with zero attached hydrogens (tertiary/aromatic N) is 2. The van der Waals surface area contributed by atoms with Crippen LogP contribution in [0.1, 0.15) is 11.3 Å². The van der Waals surface area contributed by atoms with Crippen molar-refractivity contribution in [1.82, 2.24) is 10.2 Å². The molecule has 3 aromatic rings. The molecule has 0 atom stereocenters. The Labute approximate surface area is 153 Å². The largest absolute Gasteiger partial charge is 0.733 e. The van der Waals surface area contributed by atoms with Crippen LogP contribution in [0.5, 0.6) is 5.75 Å². The number of aromatic nitrogens is 2. The van der Waals surface area contributed by atoms with Gasteiger partial charge in [-0.05, 0) is 41.5 Å². The number of anilines is 1. The third-order valence-electron chi connectivity index (χ3n) is 3.75. The first-order chi connectivity index (χ1) is 12.9. The molecular formula is C18H15N4O5-. The summed E-state index contributed by atoms with van der Waals surface area (Å²) in [4.78, 5) is 22.3. The summed E-state index contributed by atoms with van der Waals surface area (Å²) in [5, 5.41) is 26.3. The number of nitrogens with two attached hydrogens (primary N) is 1. The van der Waals surface area contributed by atoms with E-state index in [-0.39, 0.29) is 22.2 Å². The number of ether oxygens (including phenoxy) is 1. The van der Waals surface area contributed by atoms with Crippen molar-refractivity contribution in [1.29, 1.82) is 0 Å². The Morgan fingerprint density at radius 2 is 2.04 bits per heavy atom. The van der Waals surface area contributed by atoms with Gasteiger partial charge in [0.1, 0.15) is 5.75 Å². The fourth-order valence-electron chi connectivity index (χ4n) is 2.58. The molecule has 4 N–H and O–H groups in total. The minimum atomic E-state index is -0.977. The van der Waals surface area contributed by atoms with Crippen LogP contribution in [0.4, 0.5) is 10.5 Å². The zero-order valence-electron chi connectivity index (χ0n) is 14.0. The van der Waals surface area contributed by atoms with Crippen molar-refractivity contribution in [3.05, 3.63) is 81.4 Å². The van der Waals surface area contributed by atoms with Crippen LogP contribution >= 0.6 is 0 Å². The van der Waals surface area contributed by atoms with E-state index >= 15 is 0 Å². The van der Waals surface area contributed by atoms with E-state index in [0.717, 1.165) is 5.56 Å². The number of carbonyl (C=O) groups excluding carboxylic acids is 1. The van der Waals surface area contributed by atoms with E-state index in [1.54, 1.807) is 36.4 Å². The van der Waals surface area contributed by atoms with Crippen LogP contribution in [0, 0.1) is 5.21 Å². The standard InChI is InChI=1S/C18H15N4O5/c19-18(24)27-16-6-4-11(8-13-5-7-17(23)21-20-13)9-15(16)12-2-1-3-14(10-12)22(25)26/h1-7,9-10,25H,8H2,(H2,19,24)(H,21,23)/q-1. The molecule has 0 aliphatic rings. The van der Waals surface area contributed by atoms with Gasteiger partial charge in [0.25, 0.3) is 5.56 Å². The Balaban J connectivity index is 2.03. The molecule has 9 heteroatoms. The van der Waals surface area contributed by atoms with Gasteiger partial charge in [-0.25, -0.2) is 9.89 Å². The molecule has 0 radical (unpaired) electrons. The molecule has 9 nitrogen and oxygen atoms in total. The van der Waals surface area contributed by atoms with Crippen LogP contribution in [-0.2, 0) is 6.42 Å². The SMILES string of the molecule is NC(=O)Oc1ccc(Cc2ccc(=O)[nH]n2)cc1-c1cccc(N([O-])O)c1. The number of amides is 1. The highest BCUT2D eigenvalue weighted by molar-refractivity contribution is 5.78. The maximum atomic E-state index is 11.2. The number of benzene rings is 2. The van der Waals surface area contributed by atoms with Crippen LogP contribution < -0.4 is 21.3 Å². The second kappa shape index (κ2) is 7.68. The zero-order valence-corrected chi connectivity index (χ0v) is 14.0. The van der Waals surface area contributed by atoms with Crippen molar-refractivity contribution in [2.45, 2.75) is 6.42 Å². The molecule has 138 valence electrons. The third-order valence-corrected chi connectivity index (χ3v) is 3.75. The molecule has 1 heterocycles. The smallest absolute Gasteiger partial charge is 0.409 e. The average molecular weight is 367 g/mol. The monoisotopic (exact) mass is 367 g/mol. The molecule has 2 aromatic carbocycles.